The number of nitrogens with one attached hydrogen (secondary N) is 1. The number of carbonyl (C=O) groups is 1. The molecule has 1 aromatic carbocycles. The standard InChI is InChI=1S/C23H32N4O2/c1-18-10-13-27(19(2)20-8-5-4-6-9-20)23(29)21(18)22(28)24-11-7-12-26-16-14-25(3)15-17-26/h4-6,8-10,13,19H,7,11-12,14-17H2,1-3H3,(H,24,28). The highest BCUT2D eigenvalue weighted by Crippen LogP contribution is 2.16. The quantitative estimate of drug-likeness (QED) is 0.729. The molecule has 2 heterocycles. The molecule has 1 aliphatic rings. The summed E-state index contributed by atoms with van der Waals surface area (Å²) in [4.78, 5) is 30.5. The highest BCUT2D eigenvalue weighted by atomic mass is 16.2. The molecule has 156 valence electrons. The Labute approximate surface area is 173 Å². The van der Waals surface area contributed by atoms with Crippen molar-refractivity contribution in [3.8, 4) is 0 Å². The van der Waals surface area contributed by atoms with Crippen LogP contribution in [-0.2, 0) is 0 Å². The van der Waals surface area contributed by atoms with Crippen molar-refractivity contribution in [1.29, 1.82) is 0 Å². The van der Waals surface area contributed by atoms with Crippen molar-refractivity contribution in [1.82, 2.24) is 19.7 Å². The number of benzene rings is 1. The molecule has 1 N–H and O–H groups in total. The van der Waals surface area contributed by atoms with Gasteiger partial charge in [-0.3, -0.25) is 9.59 Å². The van der Waals surface area contributed by atoms with E-state index in [-0.39, 0.29) is 23.1 Å². The van der Waals surface area contributed by atoms with Crippen LogP contribution >= 0.6 is 0 Å². The van der Waals surface area contributed by atoms with Gasteiger partial charge in [0.2, 0.25) is 0 Å². The van der Waals surface area contributed by atoms with Gasteiger partial charge in [-0.1, -0.05) is 30.3 Å². The van der Waals surface area contributed by atoms with E-state index in [1.807, 2.05) is 50.2 Å². The van der Waals surface area contributed by atoms with Crippen LogP contribution in [0.15, 0.2) is 47.4 Å². The monoisotopic (exact) mass is 396 g/mol. The first-order chi connectivity index (χ1) is 14.0. The zero-order valence-corrected chi connectivity index (χ0v) is 17.7. The van der Waals surface area contributed by atoms with Crippen LogP contribution in [0.25, 0.3) is 0 Å². The second-order valence-electron chi connectivity index (χ2n) is 7.93. The topological polar surface area (TPSA) is 57.6 Å². The summed E-state index contributed by atoms with van der Waals surface area (Å²) in [6.07, 6.45) is 2.66. The molecule has 1 aromatic heterocycles. The summed E-state index contributed by atoms with van der Waals surface area (Å²) >= 11 is 0. The van der Waals surface area contributed by atoms with Crippen LogP contribution in [0, 0.1) is 6.92 Å². The minimum Gasteiger partial charge on any atom is -0.352 e. The second kappa shape index (κ2) is 9.85. The van der Waals surface area contributed by atoms with Crippen molar-refractivity contribution >= 4 is 5.91 Å². The van der Waals surface area contributed by atoms with Crippen LogP contribution in [0.2, 0.25) is 0 Å². The maximum Gasteiger partial charge on any atom is 0.264 e. The van der Waals surface area contributed by atoms with Crippen LogP contribution in [-0.4, -0.2) is 66.6 Å². The lowest BCUT2D eigenvalue weighted by Gasteiger charge is -2.32. The number of rotatable bonds is 7. The molecule has 0 aliphatic carbocycles. The molecule has 0 spiro atoms. The Balaban J connectivity index is 1.62. The van der Waals surface area contributed by atoms with Crippen LogP contribution in [0.3, 0.4) is 0 Å². The average molecular weight is 397 g/mol. The first-order valence-electron chi connectivity index (χ1n) is 10.4. The van der Waals surface area contributed by atoms with Gasteiger partial charge in [0.05, 0.1) is 6.04 Å². The summed E-state index contributed by atoms with van der Waals surface area (Å²) in [6, 6.07) is 11.6. The first kappa shape index (κ1) is 21.3. The number of aromatic nitrogens is 1. The van der Waals surface area contributed by atoms with Gasteiger partial charge >= 0.3 is 0 Å². The van der Waals surface area contributed by atoms with Gasteiger partial charge in [0.15, 0.2) is 0 Å². The third-order valence-electron chi connectivity index (χ3n) is 5.79. The Morgan fingerprint density at radius 2 is 1.79 bits per heavy atom. The lowest BCUT2D eigenvalue weighted by Crippen LogP contribution is -2.45. The predicted molar refractivity (Wildman–Crippen MR) is 117 cm³/mol. The summed E-state index contributed by atoms with van der Waals surface area (Å²) < 4.78 is 1.64. The number of carbonyl (C=O) groups excluding carboxylic acids is 1. The van der Waals surface area contributed by atoms with E-state index in [2.05, 4.69) is 22.2 Å². The smallest absolute Gasteiger partial charge is 0.264 e. The van der Waals surface area contributed by atoms with E-state index in [1.165, 1.54) is 0 Å². The fraction of sp³-hybridized carbons (Fsp3) is 0.478. The van der Waals surface area contributed by atoms with E-state index in [1.54, 1.807) is 10.8 Å². The zero-order chi connectivity index (χ0) is 20.8. The number of pyridine rings is 1. The number of piperazine rings is 1. The second-order valence-corrected chi connectivity index (χ2v) is 7.93. The van der Waals surface area contributed by atoms with Crippen molar-refractivity contribution in [2.24, 2.45) is 0 Å². The van der Waals surface area contributed by atoms with E-state index in [0.717, 1.165) is 44.7 Å². The third-order valence-corrected chi connectivity index (χ3v) is 5.79. The minimum atomic E-state index is -0.277. The van der Waals surface area contributed by atoms with Gasteiger partial charge < -0.3 is 19.7 Å². The van der Waals surface area contributed by atoms with Gasteiger partial charge in [-0.05, 0) is 51.1 Å². The van der Waals surface area contributed by atoms with Gasteiger partial charge in [0.1, 0.15) is 5.56 Å². The molecule has 0 saturated carbocycles. The Kier molecular flexibility index (Phi) is 7.23. The number of likely N-dealkylation sites (N-methyl/N-ethyl adjacent to an activating group) is 1. The normalized spacial score (nSPS) is 16.5. The molecule has 0 bridgehead atoms. The highest BCUT2D eigenvalue weighted by Gasteiger charge is 2.19. The van der Waals surface area contributed by atoms with Crippen molar-refractivity contribution in [3.63, 3.8) is 0 Å². The van der Waals surface area contributed by atoms with Crippen molar-refractivity contribution in [2.75, 3.05) is 46.3 Å². The summed E-state index contributed by atoms with van der Waals surface area (Å²) in [5, 5.41) is 2.95. The molecule has 1 saturated heterocycles. The van der Waals surface area contributed by atoms with E-state index < -0.39 is 0 Å². The lowest BCUT2D eigenvalue weighted by atomic mass is 10.1. The molecule has 2 aromatic rings. The minimum absolute atomic E-state index is 0.131. The number of aryl methyl sites for hydroxylation is 1. The predicted octanol–water partition coefficient (Wildman–Crippen LogP) is 2.13. The van der Waals surface area contributed by atoms with Crippen LogP contribution < -0.4 is 10.9 Å². The van der Waals surface area contributed by atoms with Crippen LogP contribution in [0.1, 0.15) is 40.9 Å². The highest BCUT2D eigenvalue weighted by molar-refractivity contribution is 5.95. The first-order valence-corrected chi connectivity index (χ1v) is 10.4. The molecule has 1 unspecified atom stereocenters. The Hall–Kier alpha value is -2.44. The van der Waals surface area contributed by atoms with Gasteiger partial charge in [0, 0.05) is 38.9 Å². The molecular weight excluding hydrogens is 364 g/mol. The van der Waals surface area contributed by atoms with Crippen molar-refractivity contribution < 1.29 is 4.79 Å². The van der Waals surface area contributed by atoms with E-state index in [0.29, 0.717) is 12.1 Å². The molecule has 6 heteroatoms. The lowest BCUT2D eigenvalue weighted by molar-refractivity contribution is 0.0946. The summed E-state index contributed by atoms with van der Waals surface area (Å²) in [7, 11) is 2.14. The van der Waals surface area contributed by atoms with Crippen LogP contribution in [0.5, 0.6) is 0 Å². The third kappa shape index (κ3) is 5.34. The molecule has 1 aliphatic heterocycles. The molecule has 0 radical (unpaired) electrons. The maximum absolute atomic E-state index is 13.0. The van der Waals surface area contributed by atoms with E-state index in [4.69, 9.17) is 0 Å². The van der Waals surface area contributed by atoms with Gasteiger partial charge in [-0.15, -0.1) is 0 Å². The maximum atomic E-state index is 13.0. The fourth-order valence-corrected chi connectivity index (χ4v) is 3.78. The number of amides is 1. The molecule has 6 nitrogen and oxygen atoms in total. The van der Waals surface area contributed by atoms with E-state index in [9.17, 15) is 9.59 Å². The molecular formula is C23H32N4O2. The van der Waals surface area contributed by atoms with Gasteiger partial charge in [-0.2, -0.15) is 0 Å². The summed E-state index contributed by atoms with van der Waals surface area (Å²) in [5.41, 5.74) is 1.76. The molecule has 29 heavy (non-hydrogen) atoms. The fourth-order valence-electron chi connectivity index (χ4n) is 3.78. The number of nitrogens with zero attached hydrogens (tertiary/aromatic N) is 3. The van der Waals surface area contributed by atoms with E-state index >= 15 is 0 Å². The number of hydrogen-bond donors (Lipinski definition) is 1. The largest absolute Gasteiger partial charge is 0.352 e. The molecule has 3 rings (SSSR count). The SMILES string of the molecule is Cc1ccn(C(C)c2ccccc2)c(=O)c1C(=O)NCCCN1CCN(C)CC1. The van der Waals surface area contributed by atoms with Crippen LogP contribution in [0.4, 0.5) is 0 Å². The Morgan fingerprint density at radius 1 is 1.10 bits per heavy atom. The van der Waals surface area contributed by atoms with Gasteiger partial charge in [-0.25, -0.2) is 0 Å². The molecule has 1 amide bonds. The molecule has 1 atom stereocenters. The average Bonchev–Trinajstić information content (AvgIpc) is 2.73. The summed E-state index contributed by atoms with van der Waals surface area (Å²) in [5.74, 6) is -0.277. The van der Waals surface area contributed by atoms with Crippen molar-refractivity contribution in [3.05, 3.63) is 69.6 Å². The van der Waals surface area contributed by atoms with Crippen molar-refractivity contribution in [2.45, 2.75) is 26.3 Å². The van der Waals surface area contributed by atoms with Gasteiger partial charge in [0.25, 0.3) is 11.5 Å². The Bertz CT molecular complexity index is 870. The number of hydrogen-bond acceptors (Lipinski definition) is 4. The Morgan fingerprint density at radius 3 is 2.48 bits per heavy atom. The summed E-state index contributed by atoms with van der Waals surface area (Å²) in [6.45, 7) is 9.67. The zero-order valence-electron chi connectivity index (χ0n) is 17.7. The molecule has 1 fully saturated rings.